The molecule has 0 radical (unpaired) electrons. The number of likely N-dealkylation sites (N-methyl/N-ethyl adjacent to an activating group) is 1. The van der Waals surface area contributed by atoms with Crippen LogP contribution in [-0.4, -0.2) is 66.1 Å². The maximum absolute atomic E-state index is 10.9. The first kappa shape index (κ1) is 10.9. The van der Waals surface area contributed by atoms with E-state index in [2.05, 4.69) is 4.90 Å². The number of hydrogen-bond acceptors (Lipinski definition) is 4. The Balaban J connectivity index is 2.61. The lowest BCUT2D eigenvalue weighted by Gasteiger charge is -2.34. The van der Waals surface area contributed by atoms with Gasteiger partial charge in [-0.25, -0.2) is 4.79 Å². The Bertz CT molecular complexity index is 222. The number of rotatable bonds is 3. The van der Waals surface area contributed by atoms with Gasteiger partial charge in [-0.1, -0.05) is 0 Å². The van der Waals surface area contributed by atoms with E-state index in [-0.39, 0.29) is 0 Å². The molecule has 3 N–H and O–H groups in total. The summed E-state index contributed by atoms with van der Waals surface area (Å²) in [7, 11) is 1.96. The highest BCUT2D eigenvalue weighted by atomic mass is 16.4. The summed E-state index contributed by atoms with van der Waals surface area (Å²) >= 11 is 0. The number of carboxylic acids is 1. The van der Waals surface area contributed by atoms with Crippen LogP contribution < -0.4 is 5.73 Å². The molecule has 1 saturated heterocycles. The number of carbonyl (C=O) groups excluding carboxylic acids is 1. The number of hydrogen-bond donors (Lipinski definition) is 2. The summed E-state index contributed by atoms with van der Waals surface area (Å²) < 4.78 is 0. The van der Waals surface area contributed by atoms with Crippen molar-refractivity contribution >= 4 is 11.9 Å². The van der Waals surface area contributed by atoms with Gasteiger partial charge in [0.15, 0.2) is 6.04 Å². The van der Waals surface area contributed by atoms with Crippen molar-refractivity contribution in [3.63, 3.8) is 0 Å². The second-order valence-corrected chi connectivity index (χ2v) is 3.48. The van der Waals surface area contributed by atoms with Crippen molar-refractivity contribution in [3.8, 4) is 0 Å². The molecule has 0 saturated carbocycles. The molecule has 1 heterocycles. The molecule has 0 spiro atoms. The molecule has 1 aliphatic heterocycles. The molecule has 6 nitrogen and oxygen atoms in total. The Morgan fingerprint density at radius 3 is 2.14 bits per heavy atom. The quantitative estimate of drug-likeness (QED) is 0.525. The summed E-state index contributed by atoms with van der Waals surface area (Å²) in [6.45, 7) is 2.65. The highest BCUT2D eigenvalue weighted by molar-refractivity contribution is 6.00. The molecule has 0 aromatic heterocycles. The molecule has 0 aromatic rings. The molecule has 1 fully saturated rings. The standard InChI is InChI=1S/C8H15N3O3/c1-10-2-4-11(5-3-10)6(7(9)12)8(13)14/h6H,2-5H2,1H3,(H2,9,12)(H,13,14). The summed E-state index contributed by atoms with van der Waals surface area (Å²) in [5, 5.41) is 8.81. The molecule has 1 atom stereocenters. The lowest BCUT2D eigenvalue weighted by atomic mass is 10.2. The first-order chi connectivity index (χ1) is 6.52. The third-order valence-corrected chi connectivity index (χ3v) is 2.41. The predicted molar refractivity (Wildman–Crippen MR) is 49.7 cm³/mol. The first-order valence-corrected chi connectivity index (χ1v) is 4.47. The van der Waals surface area contributed by atoms with E-state index >= 15 is 0 Å². The summed E-state index contributed by atoms with van der Waals surface area (Å²) in [6, 6.07) is -1.18. The fraction of sp³-hybridized carbons (Fsp3) is 0.750. The highest BCUT2D eigenvalue weighted by Crippen LogP contribution is 2.05. The van der Waals surface area contributed by atoms with Crippen LogP contribution in [0.5, 0.6) is 0 Å². The van der Waals surface area contributed by atoms with Gasteiger partial charge >= 0.3 is 5.97 Å². The van der Waals surface area contributed by atoms with Gasteiger partial charge in [-0.15, -0.1) is 0 Å². The van der Waals surface area contributed by atoms with Gasteiger partial charge in [0.25, 0.3) is 0 Å². The largest absolute Gasteiger partial charge is 0.480 e. The van der Waals surface area contributed by atoms with Crippen molar-refractivity contribution in [2.24, 2.45) is 5.73 Å². The molecule has 0 aliphatic carbocycles. The zero-order valence-corrected chi connectivity index (χ0v) is 8.14. The molecular weight excluding hydrogens is 186 g/mol. The van der Waals surface area contributed by atoms with E-state index in [0.29, 0.717) is 13.1 Å². The fourth-order valence-corrected chi connectivity index (χ4v) is 1.54. The Labute approximate surface area is 82.3 Å². The Morgan fingerprint density at radius 1 is 1.29 bits per heavy atom. The van der Waals surface area contributed by atoms with Crippen LogP contribution in [0.25, 0.3) is 0 Å². The second kappa shape index (κ2) is 4.39. The SMILES string of the molecule is CN1CCN(C(C(N)=O)C(=O)O)CC1. The lowest BCUT2D eigenvalue weighted by molar-refractivity contribution is -0.148. The smallest absolute Gasteiger partial charge is 0.330 e. The molecule has 1 unspecified atom stereocenters. The third-order valence-electron chi connectivity index (χ3n) is 2.41. The minimum absolute atomic E-state index is 0.566. The van der Waals surface area contributed by atoms with Crippen LogP contribution in [0.1, 0.15) is 0 Å². The summed E-state index contributed by atoms with van der Waals surface area (Å²) in [4.78, 5) is 25.4. The van der Waals surface area contributed by atoms with Crippen molar-refractivity contribution in [3.05, 3.63) is 0 Å². The Kier molecular flexibility index (Phi) is 3.43. The van der Waals surface area contributed by atoms with Gasteiger partial charge in [0.2, 0.25) is 5.91 Å². The van der Waals surface area contributed by atoms with Crippen LogP contribution in [-0.2, 0) is 9.59 Å². The fourth-order valence-electron chi connectivity index (χ4n) is 1.54. The second-order valence-electron chi connectivity index (χ2n) is 3.48. The van der Waals surface area contributed by atoms with Gasteiger partial charge in [0, 0.05) is 26.2 Å². The first-order valence-electron chi connectivity index (χ1n) is 4.47. The molecule has 6 heteroatoms. The van der Waals surface area contributed by atoms with Crippen LogP contribution >= 0.6 is 0 Å². The molecule has 1 aliphatic rings. The third kappa shape index (κ3) is 2.43. The average molecular weight is 201 g/mol. The normalized spacial score (nSPS) is 21.8. The maximum atomic E-state index is 10.9. The zero-order chi connectivity index (χ0) is 10.7. The van der Waals surface area contributed by atoms with E-state index in [1.807, 2.05) is 7.05 Å². The van der Waals surface area contributed by atoms with Crippen LogP contribution in [0.15, 0.2) is 0 Å². The number of nitrogens with zero attached hydrogens (tertiary/aromatic N) is 2. The van der Waals surface area contributed by atoms with E-state index in [4.69, 9.17) is 10.8 Å². The molecule has 80 valence electrons. The molecule has 0 bridgehead atoms. The van der Waals surface area contributed by atoms with Gasteiger partial charge in [-0.2, -0.15) is 0 Å². The Morgan fingerprint density at radius 2 is 1.79 bits per heavy atom. The van der Waals surface area contributed by atoms with E-state index in [9.17, 15) is 9.59 Å². The van der Waals surface area contributed by atoms with Crippen LogP contribution in [0, 0.1) is 0 Å². The molecule has 0 aromatic carbocycles. The minimum Gasteiger partial charge on any atom is -0.480 e. The van der Waals surface area contributed by atoms with Crippen LogP contribution in [0.2, 0.25) is 0 Å². The summed E-state index contributed by atoms with van der Waals surface area (Å²) in [5.74, 6) is -1.95. The van der Waals surface area contributed by atoms with Crippen molar-refractivity contribution < 1.29 is 14.7 Å². The molecular formula is C8H15N3O3. The number of carbonyl (C=O) groups is 2. The number of amides is 1. The summed E-state index contributed by atoms with van der Waals surface area (Å²) in [6.07, 6.45) is 0. The van der Waals surface area contributed by atoms with Gasteiger partial charge in [-0.05, 0) is 7.05 Å². The van der Waals surface area contributed by atoms with Crippen molar-refractivity contribution in [1.29, 1.82) is 0 Å². The van der Waals surface area contributed by atoms with E-state index in [0.717, 1.165) is 13.1 Å². The predicted octanol–water partition coefficient (Wildman–Crippen LogP) is -1.83. The topological polar surface area (TPSA) is 86.9 Å². The van der Waals surface area contributed by atoms with Crippen molar-refractivity contribution in [2.45, 2.75) is 6.04 Å². The van der Waals surface area contributed by atoms with Gasteiger partial charge in [0.1, 0.15) is 0 Å². The molecule has 14 heavy (non-hydrogen) atoms. The number of aliphatic carboxylic acids is 1. The lowest BCUT2D eigenvalue weighted by Crippen LogP contribution is -2.56. The zero-order valence-electron chi connectivity index (χ0n) is 8.14. The van der Waals surface area contributed by atoms with Crippen LogP contribution in [0.3, 0.4) is 0 Å². The molecule has 1 amide bonds. The molecule has 1 rings (SSSR count). The number of carboxylic acid groups (broad SMARTS) is 1. The minimum atomic E-state index is -1.18. The van der Waals surface area contributed by atoms with Gasteiger partial charge in [-0.3, -0.25) is 9.69 Å². The van der Waals surface area contributed by atoms with Crippen LogP contribution in [0.4, 0.5) is 0 Å². The van der Waals surface area contributed by atoms with E-state index in [1.165, 1.54) is 0 Å². The summed E-state index contributed by atoms with van der Waals surface area (Å²) in [5.41, 5.74) is 5.03. The van der Waals surface area contributed by atoms with Crippen molar-refractivity contribution in [1.82, 2.24) is 9.80 Å². The monoisotopic (exact) mass is 201 g/mol. The van der Waals surface area contributed by atoms with E-state index < -0.39 is 17.9 Å². The average Bonchev–Trinajstić information content (AvgIpc) is 2.07. The number of piperazine rings is 1. The number of primary amides is 1. The highest BCUT2D eigenvalue weighted by Gasteiger charge is 2.32. The van der Waals surface area contributed by atoms with Gasteiger partial charge in [0.05, 0.1) is 0 Å². The van der Waals surface area contributed by atoms with Gasteiger partial charge < -0.3 is 15.7 Å². The maximum Gasteiger partial charge on any atom is 0.330 e. The Hall–Kier alpha value is -1.14. The van der Waals surface area contributed by atoms with E-state index in [1.54, 1.807) is 4.90 Å². The van der Waals surface area contributed by atoms with Crippen molar-refractivity contribution in [2.75, 3.05) is 33.2 Å². The number of nitrogens with two attached hydrogens (primary N) is 1.